The summed E-state index contributed by atoms with van der Waals surface area (Å²) in [6.07, 6.45) is 1.44. The Kier molecular flexibility index (Phi) is 2.66. The monoisotopic (exact) mass is 258 g/mol. The summed E-state index contributed by atoms with van der Waals surface area (Å²) < 4.78 is 10.9. The van der Waals surface area contributed by atoms with Gasteiger partial charge in [-0.2, -0.15) is 0 Å². The lowest BCUT2D eigenvalue weighted by Crippen LogP contribution is -2.29. The minimum atomic E-state index is -0.467. The van der Waals surface area contributed by atoms with Gasteiger partial charge in [-0.1, -0.05) is 0 Å². The van der Waals surface area contributed by atoms with Gasteiger partial charge in [-0.25, -0.2) is 0 Å². The van der Waals surface area contributed by atoms with Crippen LogP contribution in [0.5, 0.6) is 5.75 Å². The first-order chi connectivity index (χ1) is 9.11. The van der Waals surface area contributed by atoms with Crippen LogP contribution < -0.4 is 4.74 Å². The Morgan fingerprint density at radius 2 is 2.00 bits per heavy atom. The van der Waals surface area contributed by atoms with Gasteiger partial charge in [0, 0.05) is 16.7 Å². The maximum Gasteiger partial charge on any atom is 0.234 e. The summed E-state index contributed by atoms with van der Waals surface area (Å²) in [5, 5.41) is 0. The maximum absolute atomic E-state index is 12.1. The molecule has 1 aliphatic carbocycles. The summed E-state index contributed by atoms with van der Waals surface area (Å²) >= 11 is 0. The van der Waals surface area contributed by atoms with Crippen LogP contribution >= 0.6 is 0 Å². The number of methoxy groups -OCH3 is 1. The van der Waals surface area contributed by atoms with Crippen LogP contribution in [-0.2, 0) is 9.53 Å². The van der Waals surface area contributed by atoms with E-state index in [0.29, 0.717) is 34.6 Å². The van der Waals surface area contributed by atoms with Gasteiger partial charge in [0.2, 0.25) is 11.6 Å². The number of rotatable bonds is 1. The molecule has 3 rings (SSSR count). The Labute approximate surface area is 111 Å². The van der Waals surface area contributed by atoms with Crippen molar-refractivity contribution in [1.29, 1.82) is 0 Å². The average molecular weight is 258 g/mol. The van der Waals surface area contributed by atoms with Gasteiger partial charge in [0.05, 0.1) is 13.2 Å². The molecule has 0 amide bonds. The van der Waals surface area contributed by atoms with Gasteiger partial charge in [-0.3, -0.25) is 9.59 Å². The first-order valence-electron chi connectivity index (χ1n) is 6.29. The van der Waals surface area contributed by atoms with Crippen LogP contribution in [-0.4, -0.2) is 24.8 Å². The SMILES string of the molecule is COc1ccc2c(c1)C(=O)C(=O)C1=C2OC(C)CC1. The van der Waals surface area contributed by atoms with Crippen molar-refractivity contribution < 1.29 is 19.1 Å². The molecule has 0 saturated carbocycles. The molecule has 4 heteroatoms. The van der Waals surface area contributed by atoms with Gasteiger partial charge in [0.15, 0.2) is 0 Å². The van der Waals surface area contributed by atoms with Crippen molar-refractivity contribution in [3.8, 4) is 5.75 Å². The molecule has 0 saturated heterocycles. The third kappa shape index (κ3) is 1.75. The zero-order valence-corrected chi connectivity index (χ0v) is 10.9. The van der Waals surface area contributed by atoms with E-state index in [2.05, 4.69) is 0 Å². The summed E-state index contributed by atoms with van der Waals surface area (Å²) in [5.74, 6) is 0.224. The number of fused-ring (bicyclic) bond motifs is 2. The van der Waals surface area contributed by atoms with E-state index in [4.69, 9.17) is 9.47 Å². The highest BCUT2D eigenvalue weighted by atomic mass is 16.5. The summed E-state index contributed by atoms with van der Waals surface area (Å²) in [7, 11) is 1.53. The average Bonchev–Trinajstić information content (AvgIpc) is 2.44. The predicted octanol–water partition coefficient (Wildman–Crippen LogP) is 2.37. The summed E-state index contributed by atoms with van der Waals surface area (Å²) in [5.41, 5.74) is 1.59. The summed E-state index contributed by atoms with van der Waals surface area (Å²) in [6.45, 7) is 1.97. The molecule has 0 bridgehead atoms. The molecule has 1 aromatic rings. The number of hydrogen-bond donors (Lipinski definition) is 0. The molecule has 19 heavy (non-hydrogen) atoms. The number of ketones is 2. The maximum atomic E-state index is 12.1. The Bertz CT molecular complexity index is 613. The van der Waals surface area contributed by atoms with Crippen LogP contribution in [0.25, 0.3) is 5.76 Å². The minimum absolute atomic E-state index is 0.0645. The lowest BCUT2D eigenvalue weighted by molar-refractivity contribution is -0.112. The van der Waals surface area contributed by atoms with Crippen molar-refractivity contribution in [2.24, 2.45) is 0 Å². The fourth-order valence-electron chi connectivity index (χ4n) is 2.53. The predicted molar refractivity (Wildman–Crippen MR) is 69.0 cm³/mol. The van der Waals surface area contributed by atoms with Crippen molar-refractivity contribution in [3.63, 3.8) is 0 Å². The second-order valence-corrected chi connectivity index (χ2v) is 4.84. The van der Waals surface area contributed by atoms with Crippen LogP contribution in [0.3, 0.4) is 0 Å². The zero-order chi connectivity index (χ0) is 13.6. The minimum Gasteiger partial charge on any atom is -0.497 e. The number of carbonyl (C=O) groups excluding carboxylic acids is 2. The molecule has 1 aromatic carbocycles. The zero-order valence-electron chi connectivity index (χ0n) is 10.9. The molecule has 0 fully saturated rings. The molecule has 0 N–H and O–H groups in total. The quantitative estimate of drug-likeness (QED) is 0.726. The van der Waals surface area contributed by atoms with Crippen molar-refractivity contribution in [2.75, 3.05) is 7.11 Å². The smallest absolute Gasteiger partial charge is 0.234 e. The second-order valence-electron chi connectivity index (χ2n) is 4.84. The molecule has 4 nitrogen and oxygen atoms in total. The number of benzene rings is 1. The highest BCUT2D eigenvalue weighted by molar-refractivity contribution is 6.52. The molecule has 1 heterocycles. The Morgan fingerprint density at radius 1 is 1.21 bits per heavy atom. The van der Waals surface area contributed by atoms with E-state index in [1.165, 1.54) is 7.11 Å². The fourth-order valence-corrected chi connectivity index (χ4v) is 2.53. The van der Waals surface area contributed by atoms with Gasteiger partial charge >= 0.3 is 0 Å². The van der Waals surface area contributed by atoms with Gasteiger partial charge in [0.25, 0.3) is 0 Å². The van der Waals surface area contributed by atoms with Crippen LogP contribution in [0.2, 0.25) is 0 Å². The number of hydrogen-bond acceptors (Lipinski definition) is 4. The van der Waals surface area contributed by atoms with Crippen molar-refractivity contribution >= 4 is 17.3 Å². The third-order valence-corrected chi connectivity index (χ3v) is 3.59. The van der Waals surface area contributed by atoms with Crippen molar-refractivity contribution in [3.05, 3.63) is 34.9 Å². The van der Waals surface area contributed by atoms with Crippen molar-refractivity contribution in [1.82, 2.24) is 0 Å². The van der Waals surface area contributed by atoms with E-state index in [1.54, 1.807) is 18.2 Å². The van der Waals surface area contributed by atoms with E-state index < -0.39 is 11.6 Å². The first kappa shape index (κ1) is 12.0. The van der Waals surface area contributed by atoms with Crippen LogP contribution in [0.4, 0.5) is 0 Å². The highest BCUT2D eigenvalue weighted by Gasteiger charge is 2.36. The Hall–Kier alpha value is -2.10. The van der Waals surface area contributed by atoms with E-state index in [1.807, 2.05) is 6.92 Å². The Balaban J connectivity index is 2.20. The van der Waals surface area contributed by atoms with E-state index in [-0.39, 0.29) is 6.10 Å². The van der Waals surface area contributed by atoms with E-state index in [0.717, 1.165) is 6.42 Å². The summed E-state index contributed by atoms with van der Waals surface area (Å²) in [4.78, 5) is 24.2. The summed E-state index contributed by atoms with van der Waals surface area (Å²) in [6, 6.07) is 5.16. The van der Waals surface area contributed by atoms with E-state index >= 15 is 0 Å². The van der Waals surface area contributed by atoms with Gasteiger partial charge in [0.1, 0.15) is 11.5 Å². The topological polar surface area (TPSA) is 52.6 Å². The molecule has 0 radical (unpaired) electrons. The molecule has 0 spiro atoms. The number of Topliss-reactive ketones (excluding diaryl/α,β-unsaturated/α-hetero) is 2. The first-order valence-corrected chi connectivity index (χ1v) is 6.29. The third-order valence-electron chi connectivity index (χ3n) is 3.59. The molecule has 98 valence electrons. The molecule has 1 aliphatic heterocycles. The largest absolute Gasteiger partial charge is 0.497 e. The second kappa shape index (κ2) is 4.23. The van der Waals surface area contributed by atoms with Crippen LogP contribution in [0.15, 0.2) is 23.8 Å². The standard InChI is InChI=1S/C15H14O4/c1-8-3-5-11-13(16)14(17)12-7-9(18-2)4-6-10(12)15(11)19-8/h4,6-8H,3,5H2,1-2H3. The molecule has 1 atom stereocenters. The molecule has 1 unspecified atom stereocenters. The molecule has 0 aromatic heterocycles. The lowest BCUT2D eigenvalue weighted by Gasteiger charge is -2.29. The van der Waals surface area contributed by atoms with Gasteiger partial charge < -0.3 is 9.47 Å². The fraction of sp³-hybridized carbons (Fsp3) is 0.333. The van der Waals surface area contributed by atoms with Gasteiger partial charge in [-0.05, 0) is 38.0 Å². The molecule has 2 aliphatic rings. The Morgan fingerprint density at radius 3 is 2.74 bits per heavy atom. The number of allylic oxidation sites excluding steroid dienone is 1. The normalized spacial score (nSPS) is 21.7. The van der Waals surface area contributed by atoms with Crippen LogP contribution in [0.1, 0.15) is 35.7 Å². The van der Waals surface area contributed by atoms with Crippen molar-refractivity contribution in [2.45, 2.75) is 25.9 Å². The molecular formula is C15H14O4. The number of ether oxygens (including phenoxy) is 2. The van der Waals surface area contributed by atoms with Gasteiger partial charge in [-0.15, -0.1) is 0 Å². The molecular weight excluding hydrogens is 244 g/mol. The highest BCUT2D eigenvalue weighted by Crippen LogP contribution is 2.38. The lowest BCUT2D eigenvalue weighted by atomic mass is 9.84. The van der Waals surface area contributed by atoms with E-state index in [9.17, 15) is 9.59 Å². The number of carbonyl (C=O) groups is 2. The van der Waals surface area contributed by atoms with Crippen LogP contribution in [0, 0.1) is 0 Å².